The fourth-order valence-electron chi connectivity index (χ4n) is 3.17. The van der Waals surface area contributed by atoms with E-state index in [1.54, 1.807) is 24.3 Å². The summed E-state index contributed by atoms with van der Waals surface area (Å²) in [5, 5.41) is 2.72. The molecule has 3 rings (SSSR count). The highest BCUT2D eigenvalue weighted by molar-refractivity contribution is 5.88. The summed E-state index contributed by atoms with van der Waals surface area (Å²) >= 11 is 0. The van der Waals surface area contributed by atoms with Gasteiger partial charge in [0.15, 0.2) is 0 Å². The van der Waals surface area contributed by atoms with Gasteiger partial charge in [-0.3, -0.25) is 9.59 Å². The Morgan fingerprint density at radius 2 is 1.89 bits per heavy atom. The van der Waals surface area contributed by atoms with Crippen molar-refractivity contribution in [2.24, 2.45) is 0 Å². The molecule has 0 bridgehead atoms. The smallest absolute Gasteiger partial charge is 0.245 e. The number of rotatable bonds is 5. The van der Waals surface area contributed by atoms with E-state index in [-0.39, 0.29) is 11.8 Å². The first-order chi connectivity index (χ1) is 13.0. The molecule has 0 unspecified atom stereocenters. The maximum absolute atomic E-state index is 11.7. The van der Waals surface area contributed by atoms with Gasteiger partial charge in [0.2, 0.25) is 17.7 Å². The van der Waals surface area contributed by atoms with Gasteiger partial charge in [-0.2, -0.15) is 0 Å². The second-order valence-electron chi connectivity index (χ2n) is 6.51. The summed E-state index contributed by atoms with van der Waals surface area (Å²) in [6.45, 7) is 6.44. The van der Waals surface area contributed by atoms with Crippen LogP contribution in [0.15, 0.2) is 55.1 Å². The van der Waals surface area contributed by atoms with E-state index in [2.05, 4.69) is 16.9 Å². The summed E-state index contributed by atoms with van der Waals surface area (Å²) in [5.74, 6) is 1.37. The average Bonchev–Trinajstić information content (AvgIpc) is 2.69. The van der Waals surface area contributed by atoms with E-state index in [0.717, 1.165) is 24.2 Å². The van der Waals surface area contributed by atoms with Gasteiger partial charge in [-0.15, -0.1) is 0 Å². The predicted octanol–water partition coefficient (Wildman–Crippen LogP) is 3.72. The summed E-state index contributed by atoms with van der Waals surface area (Å²) in [4.78, 5) is 29.2. The summed E-state index contributed by atoms with van der Waals surface area (Å²) in [6.07, 6.45) is 3.12. The highest BCUT2D eigenvalue weighted by Gasteiger charge is 2.23. The van der Waals surface area contributed by atoms with Crippen LogP contribution in [0.1, 0.15) is 31.4 Å². The normalized spacial score (nSPS) is 14.5. The lowest BCUT2D eigenvalue weighted by Crippen LogP contribution is -2.36. The molecular formula is C21H23N3O3. The lowest BCUT2D eigenvalue weighted by atomic mass is 9.93. The van der Waals surface area contributed by atoms with Crippen LogP contribution in [0.2, 0.25) is 0 Å². The Bertz CT molecular complexity index is 825. The number of nitrogens with zero attached hydrogens (tertiary/aromatic N) is 2. The molecule has 1 saturated heterocycles. The van der Waals surface area contributed by atoms with Crippen LogP contribution in [-0.4, -0.2) is 34.8 Å². The molecule has 0 saturated carbocycles. The van der Waals surface area contributed by atoms with Gasteiger partial charge >= 0.3 is 0 Å². The monoisotopic (exact) mass is 365 g/mol. The Morgan fingerprint density at radius 1 is 1.19 bits per heavy atom. The number of ether oxygens (including phenoxy) is 1. The number of carbonyl (C=O) groups is 2. The van der Waals surface area contributed by atoms with Crippen molar-refractivity contribution in [1.82, 2.24) is 9.88 Å². The zero-order valence-electron chi connectivity index (χ0n) is 15.4. The number of piperidine rings is 1. The highest BCUT2D eigenvalue weighted by Crippen LogP contribution is 2.29. The first-order valence-corrected chi connectivity index (χ1v) is 8.99. The molecule has 0 atom stereocenters. The molecule has 6 nitrogen and oxygen atoms in total. The van der Waals surface area contributed by atoms with Crippen molar-refractivity contribution in [3.05, 3.63) is 60.8 Å². The first kappa shape index (κ1) is 18.6. The van der Waals surface area contributed by atoms with E-state index < -0.39 is 0 Å². The standard InChI is InChI=1S/C21H23N3O3/c1-3-21(26)24-13-11-16(12-14-24)19-5-4-6-20(23-19)27-18-9-7-17(8-10-18)22-15(2)25/h3-10,16H,1,11-14H2,2H3,(H,22,25). The first-order valence-electron chi connectivity index (χ1n) is 8.99. The van der Waals surface area contributed by atoms with Gasteiger partial charge in [-0.1, -0.05) is 12.6 Å². The maximum atomic E-state index is 11.7. The van der Waals surface area contributed by atoms with Crippen molar-refractivity contribution >= 4 is 17.5 Å². The number of hydrogen-bond donors (Lipinski definition) is 1. The third kappa shape index (κ3) is 4.94. The van der Waals surface area contributed by atoms with Crippen molar-refractivity contribution in [2.75, 3.05) is 18.4 Å². The fourth-order valence-corrected chi connectivity index (χ4v) is 3.17. The van der Waals surface area contributed by atoms with E-state index in [1.807, 2.05) is 23.1 Å². The minimum absolute atomic E-state index is 0.0128. The Balaban J connectivity index is 1.63. The largest absolute Gasteiger partial charge is 0.439 e. The Kier molecular flexibility index (Phi) is 5.86. The number of pyridine rings is 1. The molecule has 27 heavy (non-hydrogen) atoms. The molecule has 1 N–H and O–H groups in total. The Labute approximate surface area is 158 Å². The molecule has 2 aromatic rings. The van der Waals surface area contributed by atoms with Crippen LogP contribution in [0.5, 0.6) is 11.6 Å². The molecule has 1 fully saturated rings. The van der Waals surface area contributed by atoms with Gasteiger partial charge in [0.25, 0.3) is 0 Å². The molecule has 1 aliphatic heterocycles. The molecular weight excluding hydrogens is 342 g/mol. The third-order valence-corrected chi connectivity index (χ3v) is 4.54. The molecule has 6 heteroatoms. The molecule has 1 aliphatic rings. The number of nitrogens with one attached hydrogen (secondary N) is 1. The van der Waals surface area contributed by atoms with E-state index in [0.29, 0.717) is 30.6 Å². The number of likely N-dealkylation sites (tertiary alicyclic amines) is 1. The van der Waals surface area contributed by atoms with Gasteiger partial charge in [-0.25, -0.2) is 4.98 Å². The molecule has 0 aliphatic carbocycles. The minimum Gasteiger partial charge on any atom is -0.439 e. The number of carbonyl (C=O) groups excluding carboxylic acids is 2. The van der Waals surface area contributed by atoms with Gasteiger partial charge in [-0.05, 0) is 49.2 Å². The van der Waals surface area contributed by atoms with E-state index in [4.69, 9.17) is 4.74 Å². The van der Waals surface area contributed by atoms with Crippen molar-refractivity contribution in [3.63, 3.8) is 0 Å². The van der Waals surface area contributed by atoms with Crippen molar-refractivity contribution < 1.29 is 14.3 Å². The summed E-state index contributed by atoms with van der Waals surface area (Å²) in [6, 6.07) is 12.9. The predicted molar refractivity (Wildman–Crippen MR) is 104 cm³/mol. The van der Waals surface area contributed by atoms with Gasteiger partial charge in [0, 0.05) is 43.4 Å². The second kappa shape index (κ2) is 8.49. The Morgan fingerprint density at radius 3 is 2.52 bits per heavy atom. The van der Waals surface area contributed by atoms with Crippen LogP contribution in [0.25, 0.3) is 0 Å². The van der Waals surface area contributed by atoms with Gasteiger partial charge in [0.1, 0.15) is 5.75 Å². The molecule has 1 aromatic heterocycles. The van der Waals surface area contributed by atoms with E-state index in [1.165, 1.54) is 13.0 Å². The van der Waals surface area contributed by atoms with E-state index >= 15 is 0 Å². The Hall–Kier alpha value is -3.15. The zero-order valence-corrected chi connectivity index (χ0v) is 15.4. The fraction of sp³-hybridized carbons (Fsp3) is 0.286. The van der Waals surface area contributed by atoms with Crippen LogP contribution >= 0.6 is 0 Å². The van der Waals surface area contributed by atoms with Crippen molar-refractivity contribution in [1.29, 1.82) is 0 Å². The summed E-state index contributed by atoms with van der Waals surface area (Å²) < 4.78 is 5.84. The number of aromatic nitrogens is 1. The quantitative estimate of drug-likeness (QED) is 0.820. The van der Waals surface area contributed by atoms with Crippen LogP contribution in [-0.2, 0) is 9.59 Å². The SMILES string of the molecule is C=CC(=O)N1CCC(c2cccc(Oc3ccc(NC(C)=O)cc3)n2)CC1. The van der Waals surface area contributed by atoms with Crippen LogP contribution in [0, 0.1) is 0 Å². The van der Waals surface area contributed by atoms with Crippen LogP contribution < -0.4 is 10.1 Å². The number of hydrogen-bond acceptors (Lipinski definition) is 4. The third-order valence-electron chi connectivity index (χ3n) is 4.54. The molecule has 2 heterocycles. The topological polar surface area (TPSA) is 71.5 Å². The van der Waals surface area contributed by atoms with Crippen LogP contribution in [0.3, 0.4) is 0 Å². The number of amides is 2. The van der Waals surface area contributed by atoms with Gasteiger partial charge < -0.3 is 15.0 Å². The van der Waals surface area contributed by atoms with Crippen molar-refractivity contribution in [3.8, 4) is 11.6 Å². The second-order valence-corrected chi connectivity index (χ2v) is 6.51. The highest BCUT2D eigenvalue weighted by atomic mass is 16.5. The molecule has 140 valence electrons. The minimum atomic E-state index is -0.112. The molecule has 0 spiro atoms. The van der Waals surface area contributed by atoms with E-state index in [9.17, 15) is 9.59 Å². The lowest BCUT2D eigenvalue weighted by molar-refractivity contribution is -0.127. The summed E-state index contributed by atoms with van der Waals surface area (Å²) in [5.41, 5.74) is 1.70. The molecule has 0 radical (unpaired) electrons. The van der Waals surface area contributed by atoms with Gasteiger partial charge in [0.05, 0.1) is 0 Å². The van der Waals surface area contributed by atoms with Crippen LogP contribution in [0.4, 0.5) is 5.69 Å². The molecule has 2 amide bonds. The average molecular weight is 365 g/mol. The van der Waals surface area contributed by atoms with Crippen molar-refractivity contribution in [2.45, 2.75) is 25.7 Å². The zero-order chi connectivity index (χ0) is 19.2. The number of anilines is 1. The lowest BCUT2D eigenvalue weighted by Gasteiger charge is -2.31. The summed E-state index contributed by atoms with van der Waals surface area (Å²) in [7, 11) is 0. The maximum Gasteiger partial charge on any atom is 0.245 e. The number of benzene rings is 1. The molecule has 1 aromatic carbocycles.